The van der Waals surface area contributed by atoms with Crippen LogP contribution in [-0.2, 0) is 11.3 Å². The monoisotopic (exact) mass is 340 g/mol. The molecule has 2 amide bonds. The summed E-state index contributed by atoms with van der Waals surface area (Å²) < 4.78 is 50.2. The van der Waals surface area contributed by atoms with E-state index in [4.69, 9.17) is 0 Å². The van der Waals surface area contributed by atoms with Crippen LogP contribution in [0.5, 0.6) is 0 Å². The molecular weight excluding hydrogens is 328 g/mol. The van der Waals surface area contributed by atoms with Gasteiger partial charge in [0.25, 0.3) is 5.91 Å². The fourth-order valence-corrected chi connectivity index (χ4v) is 1.91. The van der Waals surface area contributed by atoms with Crippen molar-refractivity contribution in [3.63, 3.8) is 0 Å². The number of benzene rings is 2. The molecule has 2 rings (SSSR count). The van der Waals surface area contributed by atoms with Gasteiger partial charge in [0.1, 0.15) is 5.82 Å². The van der Waals surface area contributed by atoms with Crippen molar-refractivity contribution in [2.45, 2.75) is 12.7 Å². The van der Waals surface area contributed by atoms with Crippen LogP contribution in [0.4, 0.5) is 23.2 Å². The Morgan fingerprint density at radius 2 is 1.58 bits per heavy atom. The second-order valence-electron chi connectivity index (χ2n) is 4.77. The molecule has 0 heterocycles. The Morgan fingerprint density at radius 1 is 0.958 bits per heavy atom. The van der Waals surface area contributed by atoms with E-state index in [1.54, 1.807) is 11.4 Å². The molecule has 0 unspecified atom stereocenters. The SMILES string of the molecule is O=C(Nc1ccccc1CNC(=O)C(F)(F)F)c1ccccc1F. The third-order valence-corrected chi connectivity index (χ3v) is 3.08. The third-order valence-electron chi connectivity index (χ3n) is 3.08. The quantitative estimate of drug-likeness (QED) is 0.840. The molecule has 2 aromatic carbocycles. The van der Waals surface area contributed by atoms with Gasteiger partial charge < -0.3 is 10.6 Å². The van der Waals surface area contributed by atoms with Crippen molar-refractivity contribution >= 4 is 17.5 Å². The minimum atomic E-state index is -4.99. The topological polar surface area (TPSA) is 58.2 Å². The highest BCUT2D eigenvalue weighted by atomic mass is 19.4. The smallest absolute Gasteiger partial charge is 0.344 e. The maximum absolute atomic E-state index is 13.6. The zero-order chi connectivity index (χ0) is 17.7. The van der Waals surface area contributed by atoms with Crippen molar-refractivity contribution in [1.29, 1.82) is 0 Å². The maximum atomic E-state index is 13.6. The number of alkyl halides is 3. The van der Waals surface area contributed by atoms with Crippen LogP contribution in [-0.4, -0.2) is 18.0 Å². The summed E-state index contributed by atoms with van der Waals surface area (Å²) in [7, 11) is 0. The Labute approximate surface area is 134 Å². The van der Waals surface area contributed by atoms with Crippen LogP contribution in [0.15, 0.2) is 48.5 Å². The van der Waals surface area contributed by atoms with Crippen LogP contribution in [0.25, 0.3) is 0 Å². The van der Waals surface area contributed by atoms with E-state index in [9.17, 15) is 27.2 Å². The Balaban J connectivity index is 2.13. The van der Waals surface area contributed by atoms with Crippen LogP contribution >= 0.6 is 0 Å². The lowest BCUT2D eigenvalue weighted by Crippen LogP contribution is -2.36. The molecule has 126 valence electrons. The first kappa shape index (κ1) is 17.5. The molecule has 2 N–H and O–H groups in total. The molecule has 0 saturated carbocycles. The van der Waals surface area contributed by atoms with Crippen molar-refractivity contribution in [2.24, 2.45) is 0 Å². The zero-order valence-corrected chi connectivity index (χ0v) is 12.2. The van der Waals surface area contributed by atoms with Crippen molar-refractivity contribution in [1.82, 2.24) is 5.32 Å². The van der Waals surface area contributed by atoms with Crippen LogP contribution in [0.2, 0.25) is 0 Å². The first-order chi connectivity index (χ1) is 11.3. The van der Waals surface area contributed by atoms with E-state index < -0.39 is 30.4 Å². The molecule has 0 atom stereocenters. The number of hydrogen-bond acceptors (Lipinski definition) is 2. The van der Waals surface area contributed by atoms with E-state index in [0.29, 0.717) is 0 Å². The van der Waals surface area contributed by atoms with Gasteiger partial charge in [-0.3, -0.25) is 9.59 Å². The number of hydrogen-bond donors (Lipinski definition) is 2. The lowest BCUT2D eigenvalue weighted by Gasteiger charge is -2.13. The normalized spacial score (nSPS) is 11.0. The van der Waals surface area contributed by atoms with Crippen molar-refractivity contribution in [3.8, 4) is 0 Å². The second kappa shape index (κ2) is 7.12. The van der Waals surface area contributed by atoms with Gasteiger partial charge in [0, 0.05) is 12.2 Å². The number of nitrogens with one attached hydrogen (secondary N) is 2. The number of anilines is 1. The highest BCUT2D eigenvalue weighted by Crippen LogP contribution is 2.19. The van der Waals surface area contributed by atoms with Gasteiger partial charge in [-0.2, -0.15) is 13.2 Å². The summed E-state index contributed by atoms with van der Waals surface area (Å²) in [5.41, 5.74) is 0.222. The van der Waals surface area contributed by atoms with E-state index in [1.807, 2.05) is 0 Å². The summed E-state index contributed by atoms with van der Waals surface area (Å²) in [4.78, 5) is 22.9. The van der Waals surface area contributed by atoms with Gasteiger partial charge in [-0.1, -0.05) is 30.3 Å². The minimum Gasteiger partial charge on any atom is -0.344 e. The molecule has 4 nitrogen and oxygen atoms in total. The summed E-state index contributed by atoms with van der Waals surface area (Å²) in [5.74, 6) is -3.56. The van der Waals surface area contributed by atoms with Gasteiger partial charge in [-0.25, -0.2) is 4.39 Å². The predicted molar refractivity (Wildman–Crippen MR) is 78.7 cm³/mol. The van der Waals surface area contributed by atoms with E-state index in [2.05, 4.69) is 5.32 Å². The summed E-state index contributed by atoms with van der Waals surface area (Å²) >= 11 is 0. The van der Waals surface area contributed by atoms with E-state index >= 15 is 0 Å². The fraction of sp³-hybridized carbons (Fsp3) is 0.125. The minimum absolute atomic E-state index is 0.174. The highest BCUT2D eigenvalue weighted by Gasteiger charge is 2.38. The Morgan fingerprint density at radius 3 is 2.25 bits per heavy atom. The van der Waals surface area contributed by atoms with Crippen LogP contribution in [0.1, 0.15) is 15.9 Å². The number of rotatable bonds is 4. The first-order valence-electron chi connectivity index (χ1n) is 6.78. The van der Waals surface area contributed by atoms with Crippen molar-refractivity contribution in [3.05, 3.63) is 65.5 Å². The molecule has 8 heteroatoms. The van der Waals surface area contributed by atoms with E-state index in [-0.39, 0.29) is 16.8 Å². The van der Waals surface area contributed by atoms with Crippen LogP contribution in [0.3, 0.4) is 0 Å². The molecule has 0 saturated heterocycles. The lowest BCUT2D eigenvalue weighted by atomic mass is 10.1. The largest absolute Gasteiger partial charge is 0.471 e. The number of carbonyl (C=O) groups is 2. The molecule has 0 aliphatic heterocycles. The fourth-order valence-electron chi connectivity index (χ4n) is 1.91. The first-order valence-corrected chi connectivity index (χ1v) is 6.78. The Hall–Kier alpha value is -2.90. The van der Waals surface area contributed by atoms with E-state index in [0.717, 1.165) is 6.07 Å². The van der Waals surface area contributed by atoms with Gasteiger partial charge in [-0.05, 0) is 23.8 Å². The van der Waals surface area contributed by atoms with Crippen molar-refractivity contribution < 1.29 is 27.2 Å². The Bertz CT molecular complexity index is 760. The molecule has 0 spiro atoms. The number of para-hydroxylation sites is 1. The highest BCUT2D eigenvalue weighted by molar-refractivity contribution is 6.04. The number of amides is 2. The molecule has 0 radical (unpaired) electrons. The van der Waals surface area contributed by atoms with Gasteiger partial charge in [-0.15, -0.1) is 0 Å². The summed E-state index contributed by atoms with van der Waals surface area (Å²) in [5, 5.41) is 4.13. The molecule has 24 heavy (non-hydrogen) atoms. The molecule has 0 fully saturated rings. The van der Waals surface area contributed by atoms with Gasteiger partial charge in [0.2, 0.25) is 0 Å². The average molecular weight is 340 g/mol. The maximum Gasteiger partial charge on any atom is 0.471 e. The van der Waals surface area contributed by atoms with Gasteiger partial charge >= 0.3 is 12.1 Å². The molecular formula is C16H12F4N2O2. The number of halogens is 4. The standard InChI is InChI=1S/C16H12F4N2O2/c17-12-7-3-2-6-11(12)14(23)22-13-8-4-1-5-10(13)9-21-15(24)16(18,19)20/h1-8H,9H2,(H,21,24)(H,22,23). The molecule has 0 bridgehead atoms. The second-order valence-corrected chi connectivity index (χ2v) is 4.77. The number of carbonyl (C=O) groups excluding carboxylic acids is 2. The molecule has 0 aromatic heterocycles. The molecule has 2 aromatic rings. The van der Waals surface area contributed by atoms with Gasteiger partial charge in [0.15, 0.2) is 0 Å². The zero-order valence-electron chi connectivity index (χ0n) is 12.2. The molecule has 0 aliphatic rings. The lowest BCUT2D eigenvalue weighted by molar-refractivity contribution is -0.173. The molecule has 0 aliphatic carbocycles. The van der Waals surface area contributed by atoms with Gasteiger partial charge in [0.05, 0.1) is 5.56 Å². The van der Waals surface area contributed by atoms with Crippen molar-refractivity contribution in [2.75, 3.05) is 5.32 Å². The average Bonchev–Trinajstić information content (AvgIpc) is 2.53. The van der Waals surface area contributed by atoms with Crippen LogP contribution < -0.4 is 10.6 Å². The van der Waals surface area contributed by atoms with Crippen LogP contribution in [0, 0.1) is 5.82 Å². The summed E-state index contributed by atoms with van der Waals surface area (Å²) in [6, 6.07) is 11.3. The summed E-state index contributed by atoms with van der Waals surface area (Å²) in [6.07, 6.45) is -4.99. The van der Waals surface area contributed by atoms with E-state index in [1.165, 1.54) is 36.4 Å². The third kappa shape index (κ3) is 4.31. The predicted octanol–water partition coefficient (Wildman–Crippen LogP) is 3.26. The Kier molecular flexibility index (Phi) is 5.18. The summed E-state index contributed by atoms with van der Waals surface area (Å²) in [6.45, 7) is -0.438.